The van der Waals surface area contributed by atoms with Crippen molar-refractivity contribution in [1.29, 1.82) is 0 Å². The molecule has 2 aromatic heterocycles. The van der Waals surface area contributed by atoms with Crippen molar-refractivity contribution in [3.05, 3.63) is 51.6 Å². The number of carbonyl (C=O) groups excluding carboxylic acids is 1. The fraction of sp³-hybridized carbons (Fsp3) is 0.188. The number of nitrogens with one attached hydrogen (secondary N) is 2. The Morgan fingerprint density at radius 3 is 3.08 bits per heavy atom. The maximum Gasteiger partial charge on any atom is 0.244 e. The lowest BCUT2D eigenvalue weighted by Gasteiger charge is -2.08. The first-order chi connectivity index (χ1) is 11.7. The van der Waals surface area contributed by atoms with Crippen molar-refractivity contribution in [3.63, 3.8) is 0 Å². The highest BCUT2D eigenvalue weighted by atomic mass is 32.1. The van der Waals surface area contributed by atoms with Crippen LogP contribution in [-0.2, 0) is 29.3 Å². The van der Waals surface area contributed by atoms with Gasteiger partial charge in [-0.05, 0) is 46.9 Å². The molecule has 0 spiro atoms. The Balaban J connectivity index is 1.53. The molecular formula is C16H14N4O2S2. The molecule has 2 N–H and O–H groups in total. The number of H-pyrrole nitrogens is 1. The molecule has 1 amide bonds. The second kappa shape index (κ2) is 6.31. The number of carbonyl (C=O) groups is 1. The van der Waals surface area contributed by atoms with Gasteiger partial charge in [0.05, 0.1) is 18.1 Å². The van der Waals surface area contributed by atoms with E-state index in [-0.39, 0.29) is 12.5 Å². The van der Waals surface area contributed by atoms with Crippen LogP contribution in [0.5, 0.6) is 0 Å². The molecule has 0 atom stereocenters. The fourth-order valence-electron chi connectivity index (χ4n) is 2.65. The van der Waals surface area contributed by atoms with Crippen molar-refractivity contribution in [2.24, 2.45) is 0 Å². The quantitative estimate of drug-likeness (QED) is 0.702. The molecule has 0 aliphatic carbocycles. The van der Waals surface area contributed by atoms with E-state index in [2.05, 4.69) is 15.5 Å². The third-order valence-electron chi connectivity index (χ3n) is 3.81. The number of hydrogen-bond donors (Lipinski definition) is 2. The van der Waals surface area contributed by atoms with Crippen LogP contribution in [0.4, 0.5) is 5.69 Å². The van der Waals surface area contributed by atoms with E-state index in [4.69, 9.17) is 17.0 Å². The molecule has 1 aliphatic rings. The van der Waals surface area contributed by atoms with E-state index < -0.39 is 0 Å². The lowest BCUT2D eigenvalue weighted by atomic mass is 10.1. The first kappa shape index (κ1) is 15.3. The van der Waals surface area contributed by atoms with Gasteiger partial charge in [0.25, 0.3) is 0 Å². The predicted octanol–water partition coefficient (Wildman–Crippen LogP) is 3.34. The van der Waals surface area contributed by atoms with Gasteiger partial charge in [-0.25, -0.2) is 0 Å². The molecule has 4 rings (SSSR count). The SMILES string of the molecule is O=C(Cn1c(-c2cccs2)n[nH]c1=S)Nc1ccc2c(c1)COC2. The van der Waals surface area contributed by atoms with Crippen molar-refractivity contribution >= 4 is 35.1 Å². The van der Waals surface area contributed by atoms with Crippen LogP contribution in [0.25, 0.3) is 10.7 Å². The van der Waals surface area contributed by atoms with E-state index >= 15 is 0 Å². The second-order valence-corrected chi connectivity index (χ2v) is 6.77. The first-order valence-electron chi connectivity index (χ1n) is 7.39. The Bertz CT molecular complexity index is 943. The maximum absolute atomic E-state index is 12.4. The summed E-state index contributed by atoms with van der Waals surface area (Å²) in [6.07, 6.45) is 0. The number of hydrogen-bond acceptors (Lipinski definition) is 5. The first-order valence-corrected chi connectivity index (χ1v) is 8.68. The number of aromatic amines is 1. The highest BCUT2D eigenvalue weighted by Crippen LogP contribution is 2.24. The Hall–Kier alpha value is -2.29. The zero-order valence-corrected chi connectivity index (χ0v) is 14.2. The van der Waals surface area contributed by atoms with Crippen molar-refractivity contribution in [2.75, 3.05) is 5.32 Å². The van der Waals surface area contributed by atoms with E-state index in [0.29, 0.717) is 23.8 Å². The number of fused-ring (bicyclic) bond motifs is 1. The lowest BCUT2D eigenvalue weighted by molar-refractivity contribution is -0.116. The van der Waals surface area contributed by atoms with Crippen molar-refractivity contribution in [1.82, 2.24) is 14.8 Å². The Morgan fingerprint density at radius 2 is 2.25 bits per heavy atom. The molecular weight excluding hydrogens is 344 g/mol. The number of anilines is 1. The molecule has 0 radical (unpaired) electrons. The van der Waals surface area contributed by atoms with Gasteiger partial charge in [-0.2, -0.15) is 5.10 Å². The zero-order valence-electron chi connectivity index (χ0n) is 12.6. The average Bonchev–Trinajstić information content (AvgIpc) is 3.29. The van der Waals surface area contributed by atoms with Crippen molar-refractivity contribution < 1.29 is 9.53 Å². The standard InChI is InChI=1S/C16H14N4O2S2/c21-14(17-12-4-3-10-8-22-9-11(10)6-12)7-20-15(18-19-16(20)23)13-2-1-5-24-13/h1-6H,7-9H2,(H,17,21)(H,19,23). The van der Waals surface area contributed by atoms with Crippen LogP contribution >= 0.6 is 23.6 Å². The molecule has 0 saturated carbocycles. The smallest absolute Gasteiger partial charge is 0.244 e. The molecule has 0 fully saturated rings. The zero-order chi connectivity index (χ0) is 16.5. The van der Waals surface area contributed by atoms with Crippen LogP contribution in [0.2, 0.25) is 0 Å². The minimum absolute atomic E-state index is 0.107. The Morgan fingerprint density at radius 1 is 1.38 bits per heavy atom. The van der Waals surface area contributed by atoms with Gasteiger partial charge >= 0.3 is 0 Å². The summed E-state index contributed by atoms with van der Waals surface area (Å²) in [5, 5.41) is 11.9. The molecule has 122 valence electrons. The van der Waals surface area contributed by atoms with Gasteiger partial charge in [-0.3, -0.25) is 14.5 Å². The molecule has 0 bridgehead atoms. The van der Waals surface area contributed by atoms with Gasteiger partial charge in [0.15, 0.2) is 10.6 Å². The summed E-state index contributed by atoms with van der Waals surface area (Å²) in [6.45, 7) is 1.34. The monoisotopic (exact) mass is 358 g/mol. The highest BCUT2D eigenvalue weighted by Gasteiger charge is 2.15. The molecule has 8 heteroatoms. The molecule has 3 heterocycles. The topological polar surface area (TPSA) is 71.9 Å². The van der Waals surface area contributed by atoms with Gasteiger partial charge < -0.3 is 10.1 Å². The van der Waals surface area contributed by atoms with E-state index in [1.165, 1.54) is 5.56 Å². The van der Waals surface area contributed by atoms with Gasteiger partial charge in [0.2, 0.25) is 5.91 Å². The molecule has 0 unspecified atom stereocenters. The van der Waals surface area contributed by atoms with Crippen LogP contribution in [0.15, 0.2) is 35.7 Å². The summed E-state index contributed by atoms with van der Waals surface area (Å²) >= 11 is 6.80. The summed E-state index contributed by atoms with van der Waals surface area (Å²) < 4.78 is 7.52. The fourth-order valence-corrected chi connectivity index (χ4v) is 3.57. The molecule has 0 saturated heterocycles. The predicted molar refractivity (Wildman–Crippen MR) is 94.3 cm³/mol. The Labute approximate surface area is 147 Å². The third-order valence-corrected chi connectivity index (χ3v) is 4.98. The maximum atomic E-state index is 12.4. The number of nitrogens with zero attached hydrogens (tertiary/aromatic N) is 2. The Kier molecular flexibility index (Phi) is 4.01. The summed E-state index contributed by atoms with van der Waals surface area (Å²) in [5.74, 6) is 0.525. The molecule has 1 aromatic carbocycles. The van der Waals surface area contributed by atoms with Gasteiger partial charge in [-0.1, -0.05) is 12.1 Å². The molecule has 1 aliphatic heterocycles. The number of aromatic nitrogens is 3. The van der Waals surface area contributed by atoms with Gasteiger partial charge in [-0.15, -0.1) is 11.3 Å². The van der Waals surface area contributed by atoms with Crippen LogP contribution < -0.4 is 5.32 Å². The summed E-state index contributed by atoms with van der Waals surface area (Å²) in [4.78, 5) is 13.4. The average molecular weight is 358 g/mol. The molecule has 3 aromatic rings. The lowest BCUT2D eigenvalue weighted by Crippen LogP contribution is -2.19. The van der Waals surface area contributed by atoms with E-state index in [9.17, 15) is 4.79 Å². The van der Waals surface area contributed by atoms with Crippen LogP contribution in [0.3, 0.4) is 0 Å². The van der Waals surface area contributed by atoms with Crippen molar-refractivity contribution in [2.45, 2.75) is 19.8 Å². The third kappa shape index (κ3) is 2.91. The number of amides is 1. The molecule has 6 nitrogen and oxygen atoms in total. The van der Waals surface area contributed by atoms with Crippen molar-refractivity contribution in [3.8, 4) is 10.7 Å². The summed E-state index contributed by atoms with van der Waals surface area (Å²) in [7, 11) is 0. The summed E-state index contributed by atoms with van der Waals surface area (Å²) in [6, 6.07) is 9.72. The normalized spacial score (nSPS) is 13.0. The van der Waals surface area contributed by atoms with Crippen LogP contribution in [0, 0.1) is 4.77 Å². The number of rotatable bonds is 4. The largest absolute Gasteiger partial charge is 0.372 e. The highest BCUT2D eigenvalue weighted by molar-refractivity contribution is 7.71. The second-order valence-electron chi connectivity index (χ2n) is 5.44. The number of thiophene rings is 1. The minimum atomic E-state index is -0.149. The summed E-state index contributed by atoms with van der Waals surface area (Å²) in [5.41, 5.74) is 3.05. The van der Waals surface area contributed by atoms with Crippen LogP contribution in [0.1, 0.15) is 11.1 Å². The van der Waals surface area contributed by atoms with Crippen LogP contribution in [-0.4, -0.2) is 20.7 Å². The van der Waals surface area contributed by atoms with Gasteiger partial charge in [0.1, 0.15) is 6.54 Å². The molecule has 24 heavy (non-hydrogen) atoms. The van der Waals surface area contributed by atoms with E-state index in [1.54, 1.807) is 15.9 Å². The number of ether oxygens (including phenoxy) is 1. The minimum Gasteiger partial charge on any atom is -0.372 e. The number of benzene rings is 1. The van der Waals surface area contributed by atoms with E-state index in [0.717, 1.165) is 16.1 Å². The van der Waals surface area contributed by atoms with E-state index in [1.807, 2.05) is 35.7 Å². The van der Waals surface area contributed by atoms with Gasteiger partial charge in [0, 0.05) is 5.69 Å².